The highest BCUT2D eigenvalue weighted by Gasteiger charge is 2.13. The Morgan fingerprint density at radius 2 is 2.30 bits per heavy atom. The molecule has 0 fully saturated rings. The average molecular weight is 144 g/mol. The third-order valence-electron chi connectivity index (χ3n) is 1.55. The highest BCUT2D eigenvalue weighted by Crippen LogP contribution is 2.06. The molecule has 0 aliphatic heterocycles. The molecular formula is C8H16O2. The van der Waals surface area contributed by atoms with Crippen LogP contribution < -0.4 is 0 Å². The van der Waals surface area contributed by atoms with Crippen LogP contribution in [0.25, 0.3) is 0 Å². The van der Waals surface area contributed by atoms with Crippen LogP contribution in [0.1, 0.15) is 19.8 Å². The van der Waals surface area contributed by atoms with Crippen molar-refractivity contribution in [1.29, 1.82) is 0 Å². The summed E-state index contributed by atoms with van der Waals surface area (Å²) in [6.07, 6.45) is 2.76. The number of ether oxygens (including phenoxy) is 1. The van der Waals surface area contributed by atoms with Gasteiger partial charge >= 0.3 is 0 Å². The molecule has 2 atom stereocenters. The zero-order valence-electron chi connectivity index (χ0n) is 6.71. The van der Waals surface area contributed by atoms with Crippen molar-refractivity contribution in [3.8, 4) is 0 Å². The van der Waals surface area contributed by atoms with E-state index in [1.54, 1.807) is 13.2 Å². The number of methoxy groups -OCH3 is 1. The van der Waals surface area contributed by atoms with Crippen molar-refractivity contribution in [1.82, 2.24) is 0 Å². The first-order valence-electron chi connectivity index (χ1n) is 3.58. The topological polar surface area (TPSA) is 29.5 Å². The molecule has 2 nitrogen and oxygen atoms in total. The normalized spacial score (nSPS) is 16.3. The second-order valence-corrected chi connectivity index (χ2v) is 2.27. The van der Waals surface area contributed by atoms with Crippen molar-refractivity contribution >= 4 is 0 Å². The van der Waals surface area contributed by atoms with Crippen molar-refractivity contribution in [3.05, 3.63) is 12.7 Å². The van der Waals surface area contributed by atoms with Crippen molar-refractivity contribution in [2.75, 3.05) is 7.11 Å². The summed E-state index contributed by atoms with van der Waals surface area (Å²) in [5.74, 6) is 0. The van der Waals surface area contributed by atoms with Crippen molar-refractivity contribution < 1.29 is 9.84 Å². The fraction of sp³-hybridized carbons (Fsp3) is 0.750. The molecule has 0 aromatic rings. The molecule has 0 radical (unpaired) electrons. The van der Waals surface area contributed by atoms with E-state index in [1.165, 1.54) is 0 Å². The van der Waals surface area contributed by atoms with E-state index in [-0.39, 0.29) is 12.2 Å². The fourth-order valence-electron chi connectivity index (χ4n) is 0.838. The highest BCUT2D eigenvalue weighted by molar-refractivity contribution is 4.77. The standard InChI is InChI=1S/C8H16O2/c1-4-6-8(10-3)7(9)5-2/h4,7-9H,1,5-6H2,2-3H3. The van der Waals surface area contributed by atoms with Crippen molar-refractivity contribution in [2.24, 2.45) is 0 Å². The predicted molar refractivity (Wildman–Crippen MR) is 41.9 cm³/mol. The van der Waals surface area contributed by atoms with E-state index in [4.69, 9.17) is 4.74 Å². The van der Waals surface area contributed by atoms with E-state index in [1.807, 2.05) is 6.92 Å². The number of hydrogen-bond acceptors (Lipinski definition) is 2. The molecule has 0 bridgehead atoms. The van der Waals surface area contributed by atoms with Crippen LogP contribution in [-0.4, -0.2) is 24.4 Å². The van der Waals surface area contributed by atoms with E-state index in [0.29, 0.717) is 6.42 Å². The first-order chi connectivity index (χ1) is 4.76. The van der Waals surface area contributed by atoms with Gasteiger partial charge < -0.3 is 9.84 Å². The van der Waals surface area contributed by atoms with Gasteiger partial charge in [0, 0.05) is 7.11 Å². The summed E-state index contributed by atoms with van der Waals surface area (Å²) in [6.45, 7) is 5.50. The Bertz CT molecular complexity index is 91.3. The van der Waals surface area contributed by atoms with Crippen LogP contribution in [0.2, 0.25) is 0 Å². The molecule has 0 aromatic heterocycles. The predicted octanol–water partition coefficient (Wildman–Crippen LogP) is 1.35. The van der Waals surface area contributed by atoms with Gasteiger partial charge in [0.25, 0.3) is 0 Å². The molecule has 2 unspecified atom stereocenters. The van der Waals surface area contributed by atoms with Crippen LogP contribution in [0.5, 0.6) is 0 Å². The molecule has 10 heavy (non-hydrogen) atoms. The number of rotatable bonds is 5. The maximum Gasteiger partial charge on any atom is 0.0864 e. The van der Waals surface area contributed by atoms with Crippen molar-refractivity contribution in [3.63, 3.8) is 0 Å². The molecule has 60 valence electrons. The molecule has 0 saturated heterocycles. The molecule has 0 rings (SSSR count). The van der Waals surface area contributed by atoms with Gasteiger partial charge in [-0.1, -0.05) is 13.0 Å². The first kappa shape index (κ1) is 9.66. The van der Waals surface area contributed by atoms with Gasteiger partial charge in [-0.3, -0.25) is 0 Å². The Morgan fingerprint density at radius 3 is 2.60 bits per heavy atom. The number of aliphatic hydroxyl groups is 1. The molecule has 0 amide bonds. The lowest BCUT2D eigenvalue weighted by Crippen LogP contribution is -2.26. The average Bonchev–Trinajstić information content (AvgIpc) is 1.99. The molecule has 0 aliphatic carbocycles. The fourth-order valence-corrected chi connectivity index (χ4v) is 0.838. The molecule has 0 aliphatic rings. The van der Waals surface area contributed by atoms with E-state index in [9.17, 15) is 5.11 Å². The van der Waals surface area contributed by atoms with Crippen LogP contribution in [0, 0.1) is 0 Å². The summed E-state index contributed by atoms with van der Waals surface area (Å²) in [7, 11) is 1.60. The monoisotopic (exact) mass is 144 g/mol. The van der Waals surface area contributed by atoms with E-state index >= 15 is 0 Å². The molecule has 1 N–H and O–H groups in total. The van der Waals surface area contributed by atoms with E-state index < -0.39 is 0 Å². The lowest BCUT2D eigenvalue weighted by Gasteiger charge is -2.18. The van der Waals surface area contributed by atoms with Crippen LogP contribution in [0.4, 0.5) is 0 Å². The summed E-state index contributed by atoms with van der Waals surface area (Å²) in [4.78, 5) is 0. The largest absolute Gasteiger partial charge is 0.390 e. The molecule has 0 saturated carbocycles. The van der Waals surface area contributed by atoms with Gasteiger partial charge in [-0.15, -0.1) is 6.58 Å². The van der Waals surface area contributed by atoms with Crippen LogP contribution >= 0.6 is 0 Å². The van der Waals surface area contributed by atoms with Gasteiger partial charge in [0.2, 0.25) is 0 Å². The zero-order chi connectivity index (χ0) is 7.98. The van der Waals surface area contributed by atoms with Gasteiger partial charge in [-0.2, -0.15) is 0 Å². The Hall–Kier alpha value is -0.340. The van der Waals surface area contributed by atoms with Gasteiger partial charge in [0.05, 0.1) is 12.2 Å². The molecule has 2 heteroatoms. The highest BCUT2D eigenvalue weighted by atomic mass is 16.5. The quantitative estimate of drug-likeness (QED) is 0.590. The molecular weight excluding hydrogens is 128 g/mol. The van der Waals surface area contributed by atoms with E-state index in [0.717, 1.165) is 6.42 Å². The lowest BCUT2D eigenvalue weighted by atomic mass is 10.1. The summed E-state index contributed by atoms with van der Waals surface area (Å²) >= 11 is 0. The van der Waals surface area contributed by atoms with E-state index in [2.05, 4.69) is 6.58 Å². The third-order valence-corrected chi connectivity index (χ3v) is 1.55. The van der Waals surface area contributed by atoms with Crippen LogP contribution in [0.3, 0.4) is 0 Å². The molecule has 0 spiro atoms. The molecule has 0 heterocycles. The second kappa shape index (κ2) is 5.45. The molecule has 0 aromatic carbocycles. The smallest absolute Gasteiger partial charge is 0.0864 e. The van der Waals surface area contributed by atoms with Crippen molar-refractivity contribution in [2.45, 2.75) is 32.0 Å². The van der Waals surface area contributed by atoms with Gasteiger partial charge in [-0.05, 0) is 12.8 Å². The minimum Gasteiger partial charge on any atom is -0.390 e. The summed E-state index contributed by atoms with van der Waals surface area (Å²) in [5, 5.41) is 9.28. The Labute approximate surface area is 62.5 Å². The van der Waals surface area contributed by atoms with Gasteiger partial charge in [0.15, 0.2) is 0 Å². The van der Waals surface area contributed by atoms with Gasteiger partial charge in [-0.25, -0.2) is 0 Å². The third kappa shape index (κ3) is 2.99. The minimum atomic E-state index is -0.358. The summed E-state index contributed by atoms with van der Waals surface area (Å²) in [6, 6.07) is 0. The minimum absolute atomic E-state index is 0.0810. The lowest BCUT2D eigenvalue weighted by molar-refractivity contribution is -0.0109. The maximum atomic E-state index is 9.28. The second-order valence-electron chi connectivity index (χ2n) is 2.27. The van der Waals surface area contributed by atoms with Gasteiger partial charge in [0.1, 0.15) is 0 Å². The Kier molecular flexibility index (Phi) is 5.26. The maximum absolute atomic E-state index is 9.28. The first-order valence-corrected chi connectivity index (χ1v) is 3.58. The SMILES string of the molecule is C=CCC(OC)C(O)CC. The number of aliphatic hydroxyl groups excluding tert-OH is 1. The van der Waals surface area contributed by atoms with Crippen LogP contribution in [0.15, 0.2) is 12.7 Å². The zero-order valence-corrected chi connectivity index (χ0v) is 6.71. The van der Waals surface area contributed by atoms with Crippen LogP contribution in [-0.2, 0) is 4.74 Å². The summed E-state index contributed by atoms with van der Waals surface area (Å²) < 4.78 is 5.02. The Morgan fingerprint density at radius 1 is 1.70 bits per heavy atom. The Balaban J connectivity index is 3.67. The summed E-state index contributed by atoms with van der Waals surface area (Å²) in [5.41, 5.74) is 0. The number of hydrogen-bond donors (Lipinski definition) is 1.